The summed E-state index contributed by atoms with van der Waals surface area (Å²) in [7, 11) is 0. The molecular formula is C16H18F2N6O. The quantitative estimate of drug-likeness (QED) is 0.783. The van der Waals surface area contributed by atoms with Crippen LogP contribution in [0.3, 0.4) is 0 Å². The van der Waals surface area contributed by atoms with Crippen molar-refractivity contribution in [2.45, 2.75) is 25.9 Å². The van der Waals surface area contributed by atoms with Crippen LogP contribution in [0.25, 0.3) is 22.4 Å². The number of nitrogens with zero attached hydrogens (tertiary/aromatic N) is 5. The van der Waals surface area contributed by atoms with Gasteiger partial charge in [-0.1, -0.05) is 0 Å². The Labute approximate surface area is 142 Å². The van der Waals surface area contributed by atoms with Crippen LogP contribution >= 0.6 is 0 Å². The highest BCUT2D eigenvalue weighted by atomic mass is 19.3. The highest BCUT2D eigenvalue weighted by Crippen LogP contribution is 2.28. The Kier molecular flexibility index (Phi) is 4.08. The van der Waals surface area contributed by atoms with Gasteiger partial charge in [0.2, 0.25) is 0 Å². The zero-order valence-corrected chi connectivity index (χ0v) is 13.7. The minimum Gasteiger partial charge on any atom is -0.377 e. The average molecular weight is 348 g/mol. The number of halogens is 2. The van der Waals surface area contributed by atoms with E-state index in [1.54, 1.807) is 18.3 Å². The van der Waals surface area contributed by atoms with E-state index in [9.17, 15) is 8.78 Å². The fourth-order valence-electron chi connectivity index (χ4n) is 3.11. The molecular weight excluding hydrogens is 330 g/mol. The number of hydrogen-bond donors (Lipinski definition) is 1. The molecule has 3 aromatic heterocycles. The predicted octanol–water partition coefficient (Wildman–Crippen LogP) is 2.31. The highest BCUT2D eigenvalue weighted by Gasteiger charge is 2.23. The molecule has 0 radical (unpaired) electrons. The number of alkyl halides is 2. The fraction of sp³-hybridized carbons (Fsp3) is 0.438. The number of H-pyrrole nitrogens is 1. The van der Waals surface area contributed by atoms with Crippen molar-refractivity contribution in [3.63, 3.8) is 0 Å². The van der Waals surface area contributed by atoms with Crippen LogP contribution in [0.2, 0.25) is 0 Å². The molecule has 1 atom stereocenters. The fourth-order valence-corrected chi connectivity index (χ4v) is 3.11. The summed E-state index contributed by atoms with van der Waals surface area (Å²) >= 11 is 0. The van der Waals surface area contributed by atoms with Crippen molar-refractivity contribution >= 4 is 16.9 Å². The molecule has 0 spiro atoms. The molecule has 1 N–H and O–H groups in total. The smallest absolute Gasteiger partial charge is 0.257 e. The first-order chi connectivity index (χ1) is 12.1. The molecule has 0 saturated carbocycles. The molecule has 1 saturated heterocycles. The molecule has 4 rings (SSSR count). The van der Waals surface area contributed by atoms with E-state index in [0.717, 1.165) is 12.4 Å². The molecule has 1 aliphatic rings. The maximum atomic E-state index is 12.9. The number of aromatic nitrogens is 5. The second-order valence-corrected chi connectivity index (χ2v) is 6.05. The van der Waals surface area contributed by atoms with Crippen LogP contribution < -0.4 is 4.90 Å². The molecule has 0 aromatic carbocycles. The molecule has 0 amide bonds. The lowest BCUT2D eigenvalue weighted by molar-refractivity contribution is 0.0985. The third kappa shape index (κ3) is 2.95. The Balaban J connectivity index is 1.83. The Hall–Kier alpha value is -2.55. The number of hydrogen-bond acceptors (Lipinski definition) is 5. The first-order valence-electron chi connectivity index (χ1n) is 8.13. The zero-order valence-electron chi connectivity index (χ0n) is 13.7. The van der Waals surface area contributed by atoms with Crippen LogP contribution in [-0.2, 0) is 11.3 Å². The first-order valence-corrected chi connectivity index (χ1v) is 8.13. The van der Waals surface area contributed by atoms with Gasteiger partial charge in [0.25, 0.3) is 6.43 Å². The third-order valence-corrected chi connectivity index (χ3v) is 4.31. The largest absolute Gasteiger partial charge is 0.377 e. The Morgan fingerprint density at radius 2 is 2.24 bits per heavy atom. The van der Waals surface area contributed by atoms with E-state index >= 15 is 0 Å². The Morgan fingerprint density at radius 3 is 2.96 bits per heavy atom. The van der Waals surface area contributed by atoms with Crippen LogP contribution in [0.5, 0.6) is 0 Å². The zero-order chi connectivity index (χ0) is 17.4. The van der Waals surface area contributed by atoms with Crippen LogP contribution in [0, 0.1) is 0 Å². The van der Waals surface area contributed by atoms with Crippen molar-refractivity contribution in [2.24, 2.45) is 0 Å². The van der Waals surface area contributed by atoms with Crippen molar-refractivity contribution in [2.75, 3.05) is 24.7 Å². The first kappa shape index (κ1) is 15.9. The van der Waals surface area contributed by atoms with E-state index in [1.165, 1.54) is 4.68 Å². The number of aromatic amines is 1. The minimum absolute atomic E-state index is 0.199. The van der Waals surface area contributed by atoms with Crippen molar-refractivity contribution in [3.8, 4) is 11.4 Å². The molecule has 4 heterocycles. The van der Waals surface area contributed by atoms with Crippen LogP contribution in [0.15, 0.2) is 24.4 Å². The molecule has 7 nitrogen and oxygen atoms in total. The average Bonchev–Trinajstić information content (AvgIpc) is 3.23. The number of rotatable bonds is 4. The summed E-state index contributed by atoms with van der Waals surface area (Å²) in [5.74, 6) is 0.792. The van der Waals surface area contributed by atoms with Gasteiger partial charge in [-0.2, -0.15) is 10.2 Å². The van der Waals surface area contributed by atoms with Crippen molar-refractivity contribution in [1.82, 2.24) is 25.0 Å². The number of pyridine rings is 1. The SMILES string of the molecule is CC1COCCN1c1ccc2c(n1)c(-c1ccn[nH]1)nn2CC(F)F. The molecule has 0 aliphatic carbocycles. The van der Waals surface area contributed by atoms with Gasteiger partial charge < -0.3 is 9.64 Å². The Bertz CT molecular complexity index is 863. The van der Waals surface area contributed by atoms with E-state index < -0.39 is 13.0 Å². The molecule has 9 heteroatoms. The monoisotopic (exact) mass is 348 g/mol. The van der Waals surface area contributed by atoms with E-state index in [1.807, 2.05) is 6.07 Å². The van der Waals surface area contributed by atoms with E-state index in [4.69, 9.17) is 9.72 Å². The van der Waals surface area contributed by atoms with Gasteiger partial charge in [0, 0.05) is 12.7 Å². The lowest BCUT2D eigenvalue weighted by Gasteiger charge is -2.34. The number of anilines is 1. The number of fused-ring (bicyclic) bond motifs is 1. The Morgan fingerprint density at radius 1 is 1.36 bits per heavy atom. The highest BCUT2D eigenvalue weighted by molar-refractivity contribution is 5.90. The van der Waals surface area contributed by atoms with Gasteiger partial charge in [-0.05, 0) is 25.1 Å². The van der Waals surface area contributed by atoms with E-state index in [2.05, 4.69) is 27.1 Å². The van der Waals surface area contributed by atoms with E-state index in [-0.39, 0.29) is 6.04 Å². The summed E-state index contributed by atoms with van der Waals surface area (Å²) in [6.45, 7) is 3.62. The maximum absolute atomic E-state index is 12.9. The second kappa shape index (κ2) is 6.40. The lowest BCUT2D eigenvalue weighted by Crippen LogP contribution is -2.44. The van der Waals surface area contributed by atoms with Gasteiger partial charge in [0.1, 0.15) is 23.6 Å². The number of ether oxygens (including phenoxy) is 1. The predicted molar refractivity (Wildman–Crippen MR) is 88.7 cm³/mol. The van der Waals surface area contributed by atoms with Crippen LogP contribution in [0.4, 0.5) is 14.6 Å². The van der Waals surface area contributed by atoms with Crippen LogP contribution in [0.1, 0.15) is 6.92 Å². The summed E-state index contributed by atoms with van der Waals surface area (Å²) in [6.07, 6.45) is -0.891. The maximum Gasteiger partial charge on any atom is 0.257 e. The van der Waals surface area contributed by atoms with Crippen molar-refractivity contribution in [1.29, 1.82) is 0 Å². The summed E-state index contributed by atoms with van der Waals surface area (Å²) in [6, 6.07) is 5.60. The standard InChI is InChI=1S/C16H18F2N6O/c1-10-9-25-7-6-23(10)14-3-2-12-16(20-14)15(11-4-5-19-21-11)22-24(12)8-13(17)18/h2-5,10,13H,6-9H2,1H3,(H,19,21). The third-order valence-electron chi connectivity index (χ3n) is 4.31. The number of morpholine rings is 1. The van der Waals surface area contributed by atoms with Gasteiger partial charge in [0.15, 0.2) is 0 Å². The van der Waals surface area contributed by atoms with Gasteiger partial charge in [-0.25, -0.2) is 13.8 Å². The molecule has 1 fully saturated rings. The van der Waals surface area contributed by atoms with E-state index in [0.29, 0.717) is 35.6 Å². The summed E-state index contributed by atoms with van der Waals surface area (Å²) < 4.78 is 32.6. The van der Waals surface area contributed by atoms with Crippen molar-refractivity contribution < 1.29 is 13.5 Å². The molecule has 25 heavy (non-hydrogen) atoms. The normalized spacial score (nSPS) is 18.4. The van der Waals surface area contributed by atoms with Crippen molar-refractivity contribution in [3.05, 3.63) is 24.4 Å². The molecule has 1 aliphatic heterocycles. The summed E-state index contributed by atoms with van der Waals surface area (Å²) in [5.41, 5.74) is 2.34. The van der Waals surface area contributed by atoms with Gasteiger partial charge in [0.05, 0.1) is 30.5 Å². The molecule has 0 bridgehead atoms. The lowest BCUT2D eigenvalue weighted by atomic mass is 10.2. The topological polar surface area (TPSA) is 71.9 Å². The molecule has 132 valence electrons. The molecule has 1 unspecified atom stereocenters. The second-order valence-electron chi connectivity index (χ2n) is 6.05. The van der Waals surface area contributed by atoms with Gasteiger partial charge in [-0.15, -0.1) is 0 Å². The number of nitrogens with one attached hydrogen (secondary N) is 1. The summed E-state index contributed by atoms with van der Waals surface area (Å²) in [5, 5.41) is 11.1. The van der Waals surface area contributed by atoms with Gasteiger partial charge >= 0.3 is 0 Å². The molecule has 3 aromatic rings. The van der Waals surface area contributed by atoms with Crippen LogP contribution in [-0.4, -0.2) is 57.2 Å². The summed E-state index contributed by atoms with van der Waals surface area (Å²) in [4.78, 5) is 6.88. The van der Waals surface area contributed by atoms with Gasteiger partial charge in [-0.3, -0.25) is 9.78 Å². The minimum atomic E-state index is -2.49.